The fourth-order valence-electron chi connectivity index (χ4n) is 3.58. The van der Waals surface area contributed by atoms with E-state index >= 15 is 0 Å². The molecule has 0 atom stereocenters. The summed E-state index contributed by atoms with van der Waals surface area (Å²) in [4.78, 5) is 29.1. The Morgan fingerprint density at radius 3 is 2.72 bits per heavy atom. The standard InChI is InChI=1S/C20H19ClN4O3S/c21-14-8-7-12(25(27)28)10-16(14)23-19(26)18-17(22)13-9-11-5-3-1-2-4-6-15(11)24-20(13)29-18/h7-10H,1-6,22H2,(H,23,26). The number of rotatable bonds is 3. The van der Waals surface area contributed by atoms with E-state index in [1.54, 1.807) is 0 Å². The SMILES string of the molecule is Nc1c(C(=O)Nc2cc([N+](=O)[O-])ccc2Cl)sc2nc3c(cc12)CCCCCC3. The van der Waals surface area contributed by atoms with E-state index in [2.05, 4.69) is 11.4 Å². The summed E-state index contributed by atoms with van der Waals surface area (Å²) < 4.78 is 0. The zero-order valence-corrected chi connectivity index (χ0v) is 17.1. The number of pyridine rings is 1. The second kappa shape index (κ2) is 7.96. The fraction of sp³-hybridized carbons (Fsp3) is 0.300. The van der Waals surface area contributed by atoms with Crippen molar-refractivity contribution >= 4 is 56.1 Å². The molecular formula is C20H19ClN4O3S. The Balaban J connectivity index is 1.69. The molecule has 0 spiro atoms. The van der Waals surface area contributed by atoms with Crippen LogP contribution in [0.15, 0.2) is 24.3 Å². The molecule has 0 aliphatic heterocycles. The lowest BCUT2D eigenvalue weighted by Crippen LogP contribution is -2.12. The second-order valence-corrected chi connectivity index (χ2v) is 8.49. The van der Waals surface area contributed by atoms with Gasteiger partial charge in [-0.3, -0.25) is 14.9 Å². The summed E-state index contributed by atoms with van der Waals surface area (Å²) in [7, 11) is 0. The molecule has 1 aliphatic rings. The number of halogens is 1. The molecule has 4 rings (SSSR count). The molecule has 1 aromatic carbocycles. The molecule has 0 saturated heterocycles. The Kier molecular flexibility index (Phi) is 5.38. The first-order chi connectivity index (χ1) is 13.9. The number of nitrogens with one attached hydrogen (secondary N) is 1. The predicted octanol–water partition coefficient (Wildman–Crippen LogP) is 5.35. The number of anilines is 2. The quantitative estimate of drug-likeness (QED) is 0.429. The van der Waals surface area contributed by atoms with Crippen molar-refractivity contribution in [2.45, 2.75) is 38.5 Å². The molecule has 1 amide bonds. The molecule has 29 heavy (non-hydrogen) atoms. The van der Waals surface area contributed by atoms with Crippen LogP contribution >= 0.6 is 22.9 Å². The van der Waals surface area contributed by atoms with Gasteiger partial charge in [0.25, 0.3) is 11.6 Å². The number of aryl methyl sites for hydroxylation is 2. The van der Waals surface area contributed by atoms with Gasteiger partial charge in [-0.2, -0.15) is 0 Å². The molecule has 0 fully saturated rings. The number of benzene rings is 1. The van der Waals surface area contributed by atoms with Gasteiger partial charge in [0, 0.05) is 23.2 Å². The maximum Gasteiger partial charge on any atom is 0.271 e. The molecule has 2 heterocycles. The minimum absolute atomic E-state index is 0.157. The van der Waals surface area contributed by atoms with Crippen molar-refractivity contribution in [2.24, 2.45) is 0 Å². The minimum Gasteiger partial charge on any atom is -0.397 e. The average Bonchev–Trinajstić information content (AvgIpc) is 2.99. The first-order valence-corrected chi connectivity index (χ1v) is 10.6. The number of nitro benzene ring substituents is 1. The summed E-state index contributed by atoms with van der Waals surface area (Å²) in [6, 6.07) is 5.95. The molecule has 150 valence electrons. The number of thiophene rings is 1. The summed E-state index contributed by atoms with van der Waals surface area (Å²) in [5.74, 6) is -0.458. The number of non-ortho nitro benzene ring substituents is 1. The Labute approximate surface area is 176 Å². The molecule has 3 N–H and O–H groups in total. The molecule has 0 bridgehead atoms. The number of hydrogen-bond donors (Lipinski definition) is 2. The molecule has 2 aromatic heterocycles. The second-order valence-electron chi connectivity index (χ2n) is 7.08. The monoisotopic (exact) mass is 430 g/mol. The number of aromatic nitrogens is 1. The maximum absolute atomic E-state index is 12.8. The van der Waals surface area contributed by atoms with Crippen molar-refractivity contribution in [2.75, 3.05) is 11.1 Å². The lowest BCUT2D eigenvalue weighted by atomic mass is 9.96. The van der Waals surface area contributed by atoms with Crippen molar-refractivity contribution < 1.29 is 9.72 Å². The third-order valence-electron chi connectivity index (χ3n) is 5.11. The normalized spacial score (nSPS) is 14.1. The Bertz CT molecular complexity index is 1130. The molecule has 0 saturated carbocycles. The van der Waals surface area contributed by atoms with Gasteiger partial charge in [-0.25, -0.2) is 4.98 Å². The molecule has 9 heteroatoms. The van der Waals surface area contributed by atoms with E-state index in [-0.39, 0.29) is 16.4 Å². The number of carbonyl (C=O) groups is 1. The van der Waals surface area contributed by atoms with Crippen molar-refractivity contribution in [1.29, 1.82) is 0 Å². The number of amides is 1. The van der Waals surface area contributed by atoms with Crippen LogP contribution in [0.5, 0.6) is 0 Å². The average molecular weight is 431 g/mol. The lowest BCUT2D eigenvalue weighted by molar-refractivity contribution is -0.384. The summed E-state index contributed by atoms with van der Waals surface area (Å²) in [5, 5.41) is 14.6. The van der Waals surface area contributed by atoms with Crippen LogP contribution in [0.3, 0.4) is 0 Å². The van der Waals surface area contributed by atoms with E-state index < -0.39 is 10.8 Å². The van der Waals surface area contributed by atoms with Gasteiger partial charge in [0.1, 0.15) is 9.71 Å². The molecule has 0 unspecified atom stereocenters. The van der Waals surface area contributed by atoms with E-state index in [0.717, 1.165) is 41.6 Å². The summed E-state index contributed by atoms with van der Waals surface area (Å²) in [6.45, 7) is 0. The van der Waals surface area contributed by atoms with Crippen molar-refractivity contribution in [3.63, 3.8) is 0 Å². The van der Waals surface area contributed by atoms with Crippen molar-refractivity contribution in [3.05, 3.63) is 55.5 Å². The zero-order valence-electron chi connectivity index (χ0n) is 15.5. The van der Waals surface area contributed by atoms with Gasteiger partial charge in [-0.1, -0.05) is 24.4 Å². The zero-order chi connectivity index (χ0) is 20.5. The van der Waals surface area contributed by atoms with E-state index in [1.807, 2.05) is 0 Å². The third kappa shape index (κ3) is 3.90. The van der Waals surface area contributed by atoms with Crippen LogP contribution in [0.2, 0.25) is 5.02 Å². The van der Waals surface area contributed by atoms with Gasteiger partial charge < -0.3 is 11.1 Å². The number of hydrogen-bond acceptors (Lipinski definition) is 6. The topological polar surface area (TPSA) is 111 Å². The largest absolute Gasteiger partial charge is 0.397 e. The lowest BCUT2D eigenvalue weighted by Gasteiger charge is -2.12. The van der Waals surface area contributed by atoms with Gasteiger partial charge in [0.2, 0.25) is 0 Å². The van der Waals surface area contributed by atoms with Crippen molar-refractivity contribution in [1.82, 2.24) is 4.98 Å². The van der Waals surface area contributed by atoms with Crippen molar-refractivity contribution in [3.8, 4) is 0 Å². The number of nitrogen functional groups attached to an aromatic ring is 1. The summed E-state index contributed by atoms with van der Waals surface area (Å²) in [5.41, 5.74) is 8.96. The summed E-state index contributed by atoms with van der Waals surface area (Å²) >= 11 is 7.32. The van der Waals surface area contributed by atoms with E-state index in [4.69, 9.17) is 22.3 Å². The maximum atomic E-state index is 12.8. The van der Waals surface area contributed by atoms with E-state index in [1.165, 1.54) is 47.9 Å². The van der Waals surface area contributed by atoms with Crippen LogP contribution in [0.4, 0.5) is 17.1 Å². The number of nitrogens with zero attached hydrogens (tertiary/aromatic N) is 2. The van der Waals surface area contributed by atoms with Gasteiger partial charge in [0.05, 0.1) is 21.3 Å². The highest BCUT2D eigenvalue weighted by Gasteiger charge is 2.21. The third-order valence-corrected chi connectivity index (χ3v) is 6.56. The van der Waals surface area contributed by atoms with Crippen LogP contribution in [-0.4, -0.2) is 15.8 Å². The highest BCUT2D eigenvalue weighted by Crippen LogP contribution is 2.36. The Morgan fingerprint density at radius 1 is 1.21 bits per heavy atom. The molecular weight excluding hydrogens is 412 g/mol. The molecule has 3 aromatic rings. The summed E-state index contributed by atoms with van der Waals surface area (Å²) in [6.07, 6.45) is 6.58. The van der Waals surface area contributed by atoms with E-state index in [9.17, 15) is 14.9 Å². The Morgan fingerprint density at radius 2 is 1.97 bits per heavy atom. The number of nitro groups is 1. The number of nitrogens with two attached hydrogens (primary N) is 1. The first-order valence-electron chi connectivity index (χ1n) is 9.40. The number of carbonyl (C=O) groups excluding carboxylic acids is 1. The van der Waals surface area contributed by atoms with Crippen LogP contribution in [-0.2, 0) is 12.8 Å². The smallest absolute Gasteiger partial charge is 0.271 e. The predicted molar refractivity (Wildman–Crippen MR) is 116 cm³/mol. The minimum atomic E-state index is -0.542. The van der Waals surface area contributed by atoms with Gasteiger partial charge in [-0.05, 0) is 43.4 Å². The first kappa shape index (κ1) is 19.6. The molecule has 1 aliphatic carbocycles. The Hall–Kier alpha value is -2.71. The molecule has 7 nitrogen and oxygen atoms in total. The van der Waals surface area contributed by atoms with Crippen LogP contribution in [0, 0.1) is 10.1 Å². The molecule has 0 radical (unpaired) electrons. The van der Waals surface area contributed by atoms with Gasteiger partial charge in [-0.15, -0.1) is 11.3 Å². The number of fused-ring (bicyclic) bond motifs is 2. The van der Waals surface area contributed by atoms with E-state index in [0.29, 0.717) is 10.6 Å². The van der Waals surface area contributed by atoms with Crippen LogP contribution in [0.1, 0.15) is 46.6 Å². The van der Waals surface area contributed by atoms with Crippen LogP contribution in [0.25, 0.3) is 10.2 Å². The highest BCUT2D eigenvalue weighted by molar-refractivity contribution is 7.21. The fourth-order valence-corrected chi connectivity index (χ4v) is 4.74. The highest BCUT2D eigenvalue weighted by atomic mass is 35.5. The van der Waals surface area contributed by atoms with Crippen LogP contribution < -0.4 is 11.1 Å². The van der Waals surface area contributed by atoms with Gasteiger partial charge in [0.15, 0.2) is 0 Å². The van der Waals surface area contributed by atoms with Gasteiger partial charge >= 0.3 is 0 Å².